The van der Waals surface area contributed by atoms with E-state index in [0.29, 0.717) is 99.9 Å². The molecule has 2 unspecified atom stereocenters. The maximum atomic E-state index is 13.3. The van der Waals surface area contributed by atoms with Gasteiger partial charge in [0.15, 0.2) is 0 Å². The van der Waals surface area contributed by atoms with Crippen LogP contribution in [0.1, 0.15) is 37.1 Å². The summed E-state index contributed by atoms with van der Waals surface area (Å²) in [6.45, 7) is 2.13. The lowest BCUT2D eigenvalue weighted by atomic mass is 10.00. The Morgan fingerprint density at radius 2 is 1.59 bits per heavy atom. The molecule has 2 fully saturated rings. The molecule has 51 heavy (non-hydrogen) atoms. The zero-order valence-electron chi connectivity index (χ0n) is 28.1. The minimum atomic E-state index is -0.211. The standard InChI is InChI=1S/C36H37Cl2N9O4/c1-46-29(18-40-17-23-8-11-31(49)43-23)45-47-19-21(14-28(47)36(46)50)34-33(38)25(12-13-41-34)24-4-3-5-26(32(24)37)27-9-6-20(35(44-27)51-2)15-39-16-22-7-10-30(48)42-22/h3-6,9,12-14,19,22-23,39-40H,7-8,10-11,15-18H2,1-2H3,(H,42,48)(H,43,49). The van der Waals surface area contributed by atoms with E-state index in [0.717, 1.165) is 18.4 Å². The first kappa shape index (κ1) is 34.6. The molecule has 264 valence electrons. The summed E-state index contributed by atoms with van der Waals surface area (Å²) in [4.78, 5) is 45.7. The zero-order chi connectivity index (χ0) is 35.6. The van der Waals surface area contributed by atoms with Gasteiger partial charge in [-0.15, -0.1) is 0 Å². The Labute approximate surface area is 303 Å². The number of benzene rings is 1. The highest BCUT2D eigenvalue weighted by atomic mass is 35.5. The van der Waals surface area contributed by atoms with Gasteiger partial charge in [0, 0.05) is 91.8 Å². The number of aromatic nitrogens is 5. The summed E-state index contributed by atoms with van der Waals surface area (Å²) in [5.41, 5.74) is 4.86. The third kappa shape index (κ3) is 7.20. The molecular formula is C36H37Cl2N9O4. The molecule has 2 aliphatic heterocycles. The third-order valence-corrected chi connectivity index (χ3v) is 10.1. The number of carbonyl (C=O) groups excluding carboxylic acids is 2. The fourth-order valence-corrected chi connectivity index (χ4v) is 7.23. The number of carbonyl (C=O) groups is 2. The number of hydrogen-bond acceptors (Lipinski definition) is 9. The van der Waals surface area contributed by atoms with Gasteiger partial charge in [0.1, 0.15) is 11.3 Å². The molecule has 13 nitrogen and oxygen atoms in total. The van der Waals surface area contributed by atoms with Crippen molar-refractivity contribution < 1.29 is 14.3 Å². The average Bonchev–Trinajstić information content (AvgIpc) is 3.87. The predicted octanol–water partition coefficient (Wildman–Crippen LogP) is 3.88. The Hall–Kier alpha value is -4.82. The number of fused-ring (bicyclic) bond motifs is 1. The van der Waals surface area contributed by atoms with Crippen LogP contribution in [0.2, 0.25) is 10.0 Å². The quantitative estimate of drug-likeness (QED) is 0.150. The van der Waals surface area contributed by atoms with E-state index in [1.165, 1.54) is 4.57 Å². The number of ether oxygens (including phenoxy) is 1. The second-order valence-electron chi connectivity index (χ2n) is 12.8. The zero-order valence-corrected chi connectivity index (χ0v) is 29.6. The second-order valence-corrected chi connectivity index (χ2v) is 13.5. The summed E-state index contributed by atoms with van der Waals surface area (Å²) < 4.78 is 8.70. The van der Waals surface area contributed by atoms with Crippen LogP contribution in [0.15, 0.2) is 59.7 Å². The first-order valence-electron chi connectivity index (χ1n) is 16.8. The lowest BCUT2D eigenvalue weighted by Gasteiger charge is -2.15. The number of hydrogen-bond donors (Lipinski definition) is 4. The third-order valence-electron chi connectivity index (χ3n) is 9.34. The van der Waals surface area contributed by atoms with Crippen LogP contribution in [0.5, 0.6) is 5.88 Å². The van der Waals surface area contributed by atoms with E-state index in [2.05, 4.69) is 31.3 Å². The van der Waals surface area contributed by atoms with Crippen LogP contribution in [0.25, 0.3) is 39.2 Å². The van der Waals surface area contributed by atoms with Crippen LogP contribution in [0.4, 0.5) is 0 Å². The van der Waals surface area contributed by atoms with Gasteiger partial charge in [0.25, 0.3) is 5.56 Å². The smallest absolute Gasteiger partial charge is 0.277 e. The minimum absolute atomic E-state index is 0.0565. The van der Waals surface area contributed by atoms with Gasteiger partial charge in [0.2, 0.25) is 17.7 Å². The normalized spacial score (nSPS) is 17.3. The molecule has 4 aromatic heterocycles. The van der Waals surface area contributed by atoms with Crippen LogP contribution in [-0.4, -0.2) is 68.2 Å². The monoisotopic (exact) mass is 729 g/mol. The number of halogens is 2. The van der Waals surface area contributed by atoms with Crippen LogP contribution in [0, 0.1) is 0 Å². The number of rotatable bonds is 12. The molecule has 1 aromatic carbocycles. The molecule has 2 atom stereocenters. The topological polar surface area (TPSA) is 157 Å². The molecule has 0 aliphatic carbocycles. The van der Waals surface area contributed by atoms with E-state index in [1.54, 1.807) is 43.2 Å². The van der Waals surface area contributed by atoms with Crippen molar-refractivity contribution >= 4 is 40.5 Å². The Balaban J connectivity index is 1.13. The summed E-state index contributed by atoms with van der Waals surface area (Å²) in [5.74, 6) is 1.16. The second kappa shape index (κ2) is 14.8. The maximum absolute atomic E-state index is 13.3. The molecule has 15 heteroatoms. The molecule has 0 bridgehead atoms. The molecule has 0 spiro atoms. The van der Waals surface area contributed by atoms with Gasteiger partial charge < -0.3 is 26.0 Å². The van der Waals surface area contributed by atoms with E-state index in [1.807, 2.05) is 30.3 Å². The van der Waals surface area contributed by atoms with E-state index >= 15 is 0 Å². The average molecular weight is 731 g/mol. The molecule has 4 N–H and O–H groups in total. The summed E-state index contributed by atoms with van der Waals surface area (Å²) in [7, 11) is 3.27. The van der Waals surface area contributed by atoms with Crippen molar-refractivity contribution in [1.82, 2.24) is 45.4 Å². The number of amides is 2. The fraction of sp³-hybridized carbons (Fsp3) is 0.333. The largest absolute Gasteiger partial charge is 0.481 e. The molecule has 7 rings (SSSR count). The van der Waals surface area contributed by atoms with Crippen molar-refractivity contribution in [3.8, 4) is 39.5 Å². The van der Waals surface area contributed by atoms with Crippen LogP contribution in [0.3, 0.4) is 0 Å². The van der Waals surface area contributed by atoms with E-state index in [-0.39, 0.29) is 29.5 Å². The van der Waals surface area contributed by atoms with Crippen molar-refractivity contribution in [2.45, 2.75) is 50.9 Å². The van der Waals surface area contributed by atoms with Gasteiger partial charge in [-0.1, -0.05) is 47.5 Å². The molecule has 2 aliphatic rings. The Kier molecular flexibility index (Phi) is 10.0. The number of nitrogens with one attached hydrogen (secondary N) is 4. The SMILES string of the molecule is COc1nc(-c2cccc(-c3ccnc(-c4cc5c(=O)n(C)c(CNCC6CCC(=O)N6)nn5c4)c3Cl)c2Cl)ccc1CNCC1CCC(=O)N1. The van der Waals surface area contributed by atoms with Crippen molar-refractivity contribution in [2.75, 3.05) is 20.2 Å². The van der Waals surface area contributed by atoms with Gasteiger partial charge >= 0.3 is 0 Å². The molecular weight excluding hydrogens is 693 g/mol. The maximum Gasteiger partial charge on any atom is 0.277 e. The highest BCUT2D eigenvalue weighted by Crippen LogP contribution is 2.41. The van der Waals surface area contributed by atoms with E-state index in [4.69, 9.17) is 32.9 Å². The van der Waals surface area contributed by atoms with Crippen LogP contribution in [-0.2, 0) is 29.7 Å². The summed E-state index contributed by atoms with van der Waals surface area (Å²) in [6.07, 6.45) is 6.09. The summed E-state index contributed by atoms with van der Waals surface area (Å²) >= 11 is 14.1. The lowest BCUT2D eigenvalue weighted by Crippen LogP contribution is -2.36. The van der Waals surface area contributed by atoms with Gasteiger partial charge in [0.05, 0.1) is 35.1 Å². The Morgan fingerprint density at radius 1 is 0.902 bits per heavy atom. The summed E-state index contributed by atoms with van der Waals surface area (Å²) in [6, 6.07) is 13.2. The van der Waals surface area contributed by atoms with Gasteiger partial charge in [-0.25, -0.2) is 9.50 Å². The Morgan fingerprint density at radius 3 is 2.27 bits per heavy atom. The molecule has 0 saturated carbocycles. The Bertz CT molecular complexity index is 2200. The van der Waals surface area contributed by atoms with Crippen molar-refractivity contribution in [3.63, 3.8) is 0 Å². The molecule has 2 saturated heterocycles. The van der Waals surface area contributed by atoms with Crippen molar-refractivity contribution in [3.05, 3.63) is 86.6 Å². The van der Waals surface area contributed by atoms with Gasteiger partial charge in [-0.2, -0.15) is 5.10 Å². The number of nitrogens with zero attached hydrogens (tertiary/aromatic N) is 5. The van der Waals surface area contributed by atoms with E-state index < -0.39 is 0 Å². The minimum Gasteiger partial charge on any atom is -0.481 e. The first-order valence-corrected chi connectivity index (χ1v) is 17.5. The predicted molar refractivity (Wildman–Crippen MR) is 195 cm³/mol. The molecule has 6 heterocycles. The number of pyridine rings is 2. The first-order chi connectivity index (χ1) is 24.7. The molecule has 2 amide bonds. The molecule has 0 radical (unpaired) electrons. The van der Waals surface area contributed by atoms with Gasteiger partial charge in [-0.05, 0) is 31.0 Å². The van der Waals surface area contributed by atoms with Crippen LogP contribution < -0.4 is 31.6 Å². The highest BCUT2D eigenvalue weighted by Gasteiger charge is 2.23. The molecule has 5 aromatic rings. The summed E-state index contributed by atoms with van der Waals surface area (Å²) in [5, 5.41) is 18.1. The lowest BCUT2D eigenvalue weighted by molar-refractivity contribution is -0.120. The van der Waals surface area contributed by atoms with E-state index in [9.17, 15) is 14.4 Å². The van der Waals surface area contributed by atoms with Gasteiger partial charge in [-0.3, -0.25) is 23.9 Å². The van der Waals surface area contributed by atoms with Crippen molar-refractivity contribution in [2.24, 2.45) is 7.05 Å². The highest BCUT2D eigenvalue weighted by molar-refractivity contribution is 6.39. The van der Waals surface area contributed by atoms with Crippen molar-refractivity contribution in [1.29, 1.82) is 0 Å². The number of methoxy groups -OCH3 is 1. The van der Waals surface area contributed by atoms with Crippen LogP contribution >= 0.6 is 23.2 Å². The fourth-order valence-electron chi connectivity index (χ4n) is 6.58.